The first kappa shape index (κ1) is 11.0. The van der Waals surface area contributed by atoms with E-state index in [9.17, 15) is 4.79 Å². The van der Waals surface area contributed by atoms with Gasteiger partial charge >= 0.3 is 0 Å². The highest BCUT2D eigenvalue weighted by Gasteiger charge is 2.22. The van der Waals surface area contributed by atoms with Gasteiger partial charge in [-0.15, -0.1) is 0 Å². The Hall–Kier alpha value is -0.470. The van der Waals surface area contributed by atoms with Gasteiger partial charge in [-0.25, -0.2) is 0 Å². The number of hydrogen-bond donors (Lipinski definition) is 0. The average Bonchev–Trinajstić information content (AvgIpc) is 2.74. The third kappa shape index (κ3) is 2.99. The predicted molar refractivity (Wildman–Crippen MR) is 65.6 cm³/mol. The molecule has 1 aromatic rings. The van der Waals surface area contributed by atoms with Crippen molar-refractivity contribution in [2.75, 3.05) is 5.75 Å². The number of Topliss-reactive ketones (excluding diaryl/α,β-unsaturated/α-hetero) is 1. The zero-order chi connectivity index (χ0) is 10.7. The molecule has 1 aliphatic heterocycles. The summed E-state index contributed by atoms with van der Waals surface area (Å²) in [5.74, 6) is 1.50. The van der Waals surface area contributed by atoms with E-state index in [1.807, 2.05) is 24.3 Å². The van der Waals surface area contributed by atoms with Crippen molar-refractivity contribution in [3.05, 3.63) is 34.9 Å². The van der Waals surface area contributed by atoms with Crippen molar-refractivity contribution >= 4 is 29.1 Å². The fourth-order valence-corrected chi connectivity index (χ4v) is 3.10. The summed E-state index contributed by atoms with van der Waals surface area (Å²) >= 11 is 7.58. The quantitative estimate of drug-likeness (QED) is 0.806. The molecular formula is C12H13ClOS. The highest BCUT2D eigenvalue weighted by molar-refractivity contribution is 8.00. The van der Waals surface area contributed by atoms with Gasteiger partial charge in [-0.2, -0.15) is 11.8 Å². The van der Waals surface area contributed by atoms with Crippen molar-refractivity contribution in [1.29, 1.82) is 0 Å². The number of halogens is 1. The van der Waals surface area contributed by atoms with E-state index < -0.39 is 0 Å². The molecule has 3 heteroatoms. The second-order valence-electron chi connectivity index (χ2n) is 3.77. The molecule has 0 amide bonds. The Morgan fingerprint density at radius 2 is 2.13 bits per heavy atom. The summed E-state index contributed by atoms with van der Waals surface area (Å²) in [6, 6.07) is 7.54. The minimum absolute atomic E-state index is 0.237. The van der Waals surface area contributed by atoms with Crippen molar-refractivity contribution in [2.45, 2.75) is 24.5 Å². The van der Waals surface area contributed by atoms with Crippen LogP contribution in [-0.2, 0) is 11.2 Å². The first-order chi connectivity index (χ1) is 7.25. The van der Waals surface area contributed by atoms with Gasteiger partial charge in [0.2, 0.25) is 0 Å². The van der Waals surface area contributed by atoms with Gasteiger partial charge < -0.3 is 0 Å². The van der Waals surface area contributed by atoms with Gasteiger partial charge in [0.05, 0.1) is 5.25 Å². The zero-order valence-electron chi connectivity index (χ0n) is 8.41. The standard InChI is InChI=1S/C12H13ClOS/c13-10-5-3-9(4-6-10)8-11(14)12-2-1-7-15-12/h3-6,12H,1-2,7-8H2. The summed E-state index contributed by atoms with van der Waals surface area (Å²) in [6.45, 7) is 0. The minimum Gasteiger partial charge on any atom is -0.298 e. The highest BCUT2D eigenvalue weighted by Crippen LogP contribution is 2.27. The molecule has 1 atom stereocenters. The van der Waals surface area contributed by atoms with E-state index in [-0.39, 0.29) is 5.25 Å². The lowest BCUT2D eigenvalue weighted by molar-refractivity contribution is -0.117. The molecule has 1 fully saturated rings. The minimum atomic E-state index is 0.237. The Kier molecular flexibility index (Phi) is 3.71. The summed E-state index contributed by atoms with van der Waals surface area (Å²) in [5, 5.41) is 0.960. The van der Waals surface area contributed by atoms with Crippen molar-refractivity contribution in [3.63, 3.8) is 0 Å². The van der Waals surface area contributed by atoms with Crippen LogP contribution in [0.4, 0.5) is 0 Å². The van der Waals surface area contributed by atoms with Crippen molar-refractivity contribution < 1.29 is 4.79 Å². The SMILES string of the molecule is O=C(Cc1ccc(Cl)cc1)C1CCCS1. The molecule has 0 bridgehead atoms. The van der Waals surface area contributed by atoms with Crippen LogP contribution >= 0.6 is 23.4 Å². The Morgan fingerprint density at radius 3 is 2.73 bits per heavy atom. The number of carbonyl (C=O) groups is 1. The lowest BCUT2D eigenvalue weighted by Gasteiger charge is -2.07. The maximum absolute atomic E-state index is 11.8. The van der Waals surface area contributed by atoms with Crippen LogP contribution in [0.3, 0.4) is 0 Å². The second kappa shape index (κ2) is 5.04. The summed E-state index contributed by atoms with van der Waals surface area (Å²) < 4.78 is 0. The van der Waals surface area contributed by atoms with Crippen molar-refractivity contribution in [1.82, 2.24) is 0 Å². The third-order valence-electron chi connectivity index (χ3n) is 2.58. The Bertz CT molecular complexity index is 341. The second-order valence-corrected chi connectivity index (χ2v) is 5.52. The number of hydrogen-bond acceptors (Lipinski definition) is 2. The molecular weight excluding hydrogens is 228 g/mol. The monoisotopic (exact) mass is 240 g/mol. The summed E-state index contributed by atoms with van der Waals surface area (Å²) in [7, 11) is 0. The Labute approximate surface area is 99.2 Å². The van der Waals surface area contributed by atoms with Gasteiger partial charge in [-0.3, -0.25) is 4.79 Å². The van der Waals surface area contributed by atoms with Crippen LogP contribution in [0.15, 0.2) is 24.3 Å². The number of benzene rings is 1. The van der Waals surface area contributed by atoms with E-state index in [0.717, 1.165) is 22.8 Å². The summed E-state index contributed by atoms with van der Waals surface area (Å²) in [6.07, 6.45) is 2.79. The molecule has 1 aromatic carbocycles. The normalized spacial score (nSPS) is 20.5. The maximum atomic E-state index is 11.8. The molecule has 0 radical (unpaired) electrons. The van der Waals surface area contributed by atoms with E-state index >= 15 is 0 Å². The van der Waals surface area contributed by atoms with E-state index in [1.165, 1.54) is 6.42 Å². The fourth-order valence-electron chi connectivity index (χ4n) is 1.75. The molecule has 1 saturated heterocycles. The lowest BCUT2D eigenvalue weighted by Crippen LogP contribution is -2.16. The zero-order valence-corrected chi connectivity index (χ0v) is 9.98. The summed E-state index contributed by atoms with van der Waals surface area (Å²) in [5.41, 5.74) is 1.07. The van der Waals surface area contributed by atoms with E-state index in [4.69, 9.17) is 11.6 Å². The van der Waals surface area contributed by atoms with E-state index in [2.05, 4.69) is 0 Å². The van der Waals surface area contributed by atoms with Gasteiger partial charge in [0, 0.05) is 11.4 Å². The maximum Gasteiger partial charge on any atom is 0.150 e. The molecule has 1 nitrogen and oxygen atoms in total. The molecule has 1 aliphatic rings. The number of ketones is 1. The van der Waals surface area contributed by atoms with Gasteiger partial charge in [0.25, 0.3) is 0 Å². The molecule has 0 aromatic heterocycles. The topological polar surface area (TPSA) is 17.1 Å². The van der Waals surface area contributed by atoms with Crippen LogP contribution in [0.25, 0.3) is 0 Å². The fraction of sp³-hybridized carbons (Fsp3) is 0.417. The first-order valence-corrected chi connectivity index (χ1v) is 6.57. The molecule has 15 heavy (non-hydrogen) atoms. The number of thioether (sulfide) groups is 1. The number of carbonyl (C=O) groups excluding carboxylic acids is 1. The van der Waals surface area contributed by atoms with E-state index in [1.54, 1.807) is 11.8 Å². The number of rotatable bonds is 3. The van der Waals surface area contributed by atoms with Crippen LogP contribution in [0.1, 0.15) is 18.4 Å². The Balaban J connectivity index is 1.96. The molecule has 0 N–H and O–H groups in total. The van der Waals surface area contributed by atoms with Gasteiger partial charge in [0.15, 0.2) is 0 Å². The Morgan fingerprint density at radius 1 is 1.40 bits per heavy atom. The van der Waals surface area contributed by atoms with Crippen LogP contribution in [0.5, 0.6) is 0 Å². The first-order valence-electron chi connectivity index (χ1n) is 5.14. The largest absolute Gasteiger partial charge is 0.298 e. The van der Waals surface area contributed by atoms with Crippen molar-refractivity contribution in [2.24, 2.45) is 0 Å². The van der Waals surface area contributed by atoms with E-state index in [0.29, 0.717) is 12.2 Å². The highest BCUT2D eigenvalue weighted by atomic mass is 35.5. The van der Waals surface area contributed by atoms with Gasteiger partial charge in [-0.05, 0) is 36.3 Å². The molecule has 80 valence electrons. The van der Waals surface area contributed by atoms with Gasteiger partial charge in [-0.1, -0.05) is 23.7 Å². The van der Waals surface area contributed by atoms with Crippen molar-refractivity contribution in [3.8, 4) is 0 Å². The van der Waals surface area contributed by atoms with Crippen LogP contribution in [0, 0.1) is 0 Å². The smallest absolute Gasteiger partial charge is 0.150 e. The lowest BCUT2D eigenvalue weighted by atomic mass is 10.1. The predicted octanol–water partition coefficient (Wildman–Crippen LogP) is 3.35. The third-order valence-corrected chi connectivity index (χ3v) is 4.26. The molecule has 0 saturated carbocycles. The average molecular weight is 241 g/mol. The molecule has 0 spiro atoms. The molecule has 0 aliphatic carbocycles. The molecule has 1 unspecified atom stereocenters. The van der Waals surface area contributed by atoms with Crippen LogP contribution < -0.4 is 0 Å². The van der Waals surface area contributed by atoms with Gasteiger partial charge in [0.1, 0.15) is 5.78 Å². The molecule has 1 heterocycles. The van der Waals surface area contributed by atoms with Crippen LogP contribution in [-0.4, -0.2) is 16.8 Å². The van der Waals surface area contributed by atoms with Crippen LogP contribution in [0.2, 0.25) is 5.02 Å². The molecule has 2 rings (SSSR count). The summed E-state index contributed by atoms with van der Waals surface area (Å²) in [4.78, 5) is 11.8.